The fourth-order valence-electron chi connectivity index (χ4n) is 2.12. The van der Waals surface area contributed by atoms with Gasteiger partial charge in [-0.25, -0.2) is 0 Å². The van der Waals surface area contributed by atoms with Crippen molar-refractivity contribution in [3.05, 3.63) is 29.8 Å². The van der Waals surface area contributed by atoms with Crippen LogP contribution < -0.4 is 5.32 Å². The number of hydrogen-bond donors (Lipinski definition) is 2. The van der Waals surface area contributed by atoms with Crippen LogP contribution in [0.1, 0.15) is 38.2 Å². The molecule has 1 aromatic carbocycles. The van der Waals surface area contributed by atoms with Gasteiger partial charge < -0.3 is 10.4 Å². The molecule has 0 spiro atoms. The average molecular weight is 380 g/mol. The highest BCUT2D eigenvalue weighted by Crippen LogP contribution is 2.22. The molecule has 1 aliphatic rings. The first-order valence-electron chi connectivity index (χ1n) is 8.11. The first-order valence-corrected chi connectivity index (χ1v) is 9.98. The molecule has 1 fully saturated rings. The predicted octanol–water partition coefficient (Wildman–Crippen LogP) is 3.37. The van der Waals surface area contributed by atoms with Crippen LogP contribution >= 0.6 is 23.5 Å². The second kappa shape index (κ2) is 10.2. The number of benzene rings is 1. The minimum Gasteiger partial charge on any atom is -0.481 e. The van der Waals surface area contributed by atoms with Crippen molar-refractivity contribution >= 4 is 46.8 Å². The van der Waals surface area contributed by atoms with Crippen LogP contribution in [0.2, 0.25) is 0 Å². The molecule has 1 unspecified atom stereocenters. The largest absolute Gasteiger partial charge is 0.481 e. The van der Waals surface area contributed by atoms with Crippen molar-refractivity contribution in [2.45, 2.75) is 42.8 Å². The molecule has 0 aromatic heterocycles. The van der Waals surface area contributed by atoms with E-state index in [9.17, 15) is 9.59 Å². The fourth-order valence-corrected chi connectivity index (χ4v) is 4.01. The van der Waals surface area contributed by atoms with E-state index in [2.05, 4.69) is 28.5 Å². The average Bonchev–Trinajstić information content (AvgIpc) is 2.91. The highest BCUT2D eigenvalue weighted by atomic mass is 32.2. The van der Waals surface area contributed by atoms with Crippen molar-refractivity contribution in [3.8, 4) is 0 Å². The third kappa shape index (κ3) is 6.91. The van der Waals surface area contributed by atoms with Gasteiger partial charge in [-0.15, -0.1) is 16.9 Å². The van der Waals surface area contributed by atoms with Gasteiger partial charge in [-0.2, -0.15) is 5.10 Å². The molecule has 2 N–H and O–H groups in total. The molecular weight excluding hydrogens is 358 g/mol. The summed E-state index contributed by atoms with van der Waals surface area (Å²) in [6.45, 7) is 2.19. The Bertz CT molecular complexity index is 677. The number of carboxylic acids is 1. The molecule has 1 atom stereocenters. The molecule has 2 rings (SSSR count). The first-order chi connectivity index (χ1) is 12.1. The maximum absolute atomic E-state index is 11.6. The number of unbranched alkanes of at least 4 members (excludes halogenated alkanes) is 2. The van der Waals surface area contributed by atoms with Gasteiger partial charge in [0.1, 0.15) is 5.25 Å². The SMILES string of the molecule is CCCCCSc1cccc(C=NN=C2NC(=O)C(CC(=O)O)S2)c1. The zero-order chi connectivity index (χ0) is 18.1. The zero-order valence-corrected chi connectivity index (χ0v) is 15.6. The van der Waals surface area contributed by atoms with Gasteiger partial charge in [0.05, 0.1) is 12.6 Å². The van der Waals surface area contributed by atoms with Crippen LogP contribution in [-0.2, 0) is 9.59 Å². The molecule has 0 bridgehead atoms. The van der Waals surface area contributed by atoms with Gasteiger partial charge in [0, 0.05) is 4.90 Å². The third-order valence-electron chi connectivity index (χ3n) is 3.37. The van der Waals surface area contributed by atoms with Gasteiger partial charge in [-0.3, -0.25) is 9.59 Å². The van der Waals surface area contributed by atoms with E-state index in [1.165, 1.54) is 24.2 Å². The van der Waals surface area contributed by atoms with E-state index in [1.54, 1.807) is 6.21 Å². The number of aliphatic carboxylic acids is 1. The van der Waals surface area contributed by atoms with Crippen LogP contribution in [0.4, 0.5) is 0 Å². The summed E-state index contributed by atoms with van der Waals surface area (Å²) in [7, 11) is 0. The quantitative estimate of drug-likeness (QED) is 0.297. The molecule has 6 nitrogen and oxygen atoms in total. The van der Waals surface area contributed by atoms with Gasteiger partial charge in [0.25, 0.3) is 0 Å². The van der Waals surface area contributed by atoms with Gasteiger partial charge in [-0.1, -0.05) is 43.7 Å². The Morgan fingerprint density at radius 3 is 3.04 bits per heavy atom. The minimum absolute atomic E-state index is 0.226. The molecular formula is C17H21N3O3S2. The Morgan fingerprint density at radius 1 is 1.44 bits per heavy atom. The van der Waals surface area contributed by atoms with Gasteiger partial charge in [-0.05, 0) is 29.9 Å². The van der Waals surface area contributed by atoms with Crippen LogP contribution in [0, 0.1) is 0 Å². The minimum atomic E-state index is -1.01. The number of amidine groups is 1. The zero-order valence-electron chi connectivity index (χ0n) is 14.0. The highest BCUT2D eigenvalue weighted by Gasteiger charge is 2.32. The second-order valence-corrected chi connectivity index (χ2v) is 7.83. The van der Waals surface area contributed by atoms with Crippen molar-refractivity contribution in [2.24, 2.45) is 10.2 Å². The number of carbonyl (C=O) groups is 2. The van der Waals surface area contributed by atoms with E-state index in [0.29, 0.717) is 5.17 Å². The number of thioether (sulfide) groups is 2. The summed E-state index contributed by atoms with van der Waals surface area (Å²) >= 11 is 2.92. The molecule has 1 saturated heterocycles. The Hall–Kier alpha value is -1.80. The van der Waals surface area contributed by atoms with Crippen LogP contribution in [0.5, 0.6) is 0 Å². The summed E-state index contributed by atoms with van der Waals surface area (Å²) in [4.78, 5) is 23.5. The normalized spacial score (nSPS) is 18.8. The van der Waals surface area contributed by atoms with E-state index in [4.69, 9.17) is 5.11 Å². The molecule has 1 heterocycles. The molecule has 8 heteroatoms. The summed E-state index contributed by atoms with van der Waals surface area (Å²) in [6, 6.07) is 8.04. The van der Waals surface area contributed by atoms with E-state index in [0.717, 1.165) is 23.1 Å². The number of carbonyl (C=O) groups excluding carboxylic acids is 1. The predicted molar refractivity (Wildman–Crippen MR) is 103 cm³/mol. The standard InChI is InChI=1S/C17H21N3O3S2/c1-2-3-4-8-24-13-7-5-6-12(9-13)11-18-20-17-19-16(23)14(25-17)10-15(21)22/h5-7,9,11,14H,2-4,8,10H2,1H3,(H,21,22)(H,19,20,23). The second-order valence-electron chi connectivity index (χ2n) is 5.47. The Balaban J connectivity index is 1.89. The molecule has 1 amide bonds. The topological polar surface area (TPSA) is 91.1 Å². The first kappa shape index (κ1) is 19.5. The summed E-state index contributed by atoms with van der Waals surface area (Å²) in [5.74, 6) is -0.248. The fraction of sp³-hybridized carbons (Fsp3) is 0.412. The van der Waals surface area contributed by atoms with Crippen LogP contribution in [0.3, 0.4) is 0 Å². The molecule has 134 valence electrons. The van der Waals surface area contributed by atoms with Crippen molar-refractivity contribution in [2.75, 3.05) is 5.75 Å². The van der Waals surface area contributed by atoms with Crippen LogP contribution in [-0.4, -0.2) is 39.4 Å². The summed E-state index contributed by atoms with van der Waals surface area (Å²) in [5.41, 5.74) is 0.932. The van der Waals surface area contributed by atoms with Gasteiger partial charge in [0.2, 0.25) is 5.91 Å². The number of amides is 1. The van der Waals surface area contributed by atoms with Gasteiger partial charge in [0.15, 0.2) is 5.17 Å². The number of hydrogen-bond acceptors (Lipinski definition) is 6. The van der Waals surface area contributed by atoms with Crippen molar-refractivity contribution in [3.63, 3.8) is 0 Å². The molecule has 0 radical (unpaired) electrons. The smallest absolute Gasteiger partial charge is 0.305 e. The highest BCUT2D eigenvalue weighted by molar-refractivity contribution is 8.15. The maximum atomic E-state index is 11.6. The molecule has 1 aromatic rings. The number of nitrogens with zero attached hydrogens (tertiary/aromatic N) is 2. The Labute approximate surface area is 155 Å². The number of rotatable bonds is 9. The van der Waals surface area contributed by atoms with Gasteiger partial charge >= 0.3 is 5.97 Å². The van der Waals surface area contributed by atoms with Crippen LogP contribution in [0.15, 0.2) is 39.4 Å². The molecule has 1 aliphatic heterocycles. The van der Waals surface area contributed by atoms with E-state index < -0.39 is 11.2 Å². The van der Waals surface area contributed by atoms with E-state index in [1.807, 2.05) is 30.0 Å². The maximum Gasteiger partial charge on any atom is 0.305 e. The van der Waals surface area contributed by atoms with E-state index in [-0.39, 0.29) is 12.3 Å². The third-order valence-corrected chi connectivity index (χ3v) is 5.52. The summed E-state index contributed by atoms with van der Waals surface area (Å²) in [6.07, 6.45) is 5.08. The lowest BCUT2D eigenvalue weighted by Crippen LogP contribution is -2.26. The molecule has 0 aliphatic carbocycles. The Kier molecular flexibility index (Phi) is 8.00. The lowest BCUT2D eigenvalue weighted by molar-refractivity contribution is -0.138. The number of carboxylic acid groups (broad SMARTS) is 1. The van der Waals surface area contributed by atoms with Crippen molar-refractivity contribution < 1.29 is 14.7 Å². The van der Waals surface area contributed by atoms with E-state index >= 15 is 0 Å². The monoisotopic (exact) mass is 379 g/mol. The number of nitrogens with one attached hydrogen (secondary N) is 1. The summed E-state index contributed by atoms with van der Waals surface area (Å²) in [5, 5.41) is 18.9. The Morgan fingerprint density at radius 2 is 2.28 bits per heavy atom. The lowest BCUT2D eigenvalue weighted by atomic mass is 10.2. The lowest BCUT2D eigenvalue weighted by Gasteiger charge is -2.02. The summed E-state index contributed by atoms with van der Waals surface area (Å²) < 4.78 is 0. The van der Waals surface area contributed by atoms with Crippen LogP contribution in [0.25, 0.3) is 0 Å². The molecule has 25 heavy (non-hydrogen) atoms. The van der Waals surface area contributed by atoms with Crippen molar-refractivity contribution in [1.29, 1.82) is 0 Å². The van der Waals surface area contributed by atoms with Crippen molar-refractivity contribution in [1.82, 2.24) is 5.32 Å². The molecule has 0 saturated carbocycles.